The highest BCUT2D eigenvalue weighted by atomic mass is 35.6. The SMILES string of the molecule is C[SiH]([SiH3])Cl. The quantitative estimate of drug-likeness (QED) is 0.290. The van der Waals surface area contributed by atoms with Gasteiger partial charge in [0.05, 0.1) is 0 Å². The molecule has 0 aliphatic rings. The van der Waals surface area contributed by atoms with Crippen LogP contribution in [0.4, 0.5) is 0 Å². The van der Waals surface area contributed by atoms with Gasteiger partial charge in [-0.25, -0.2) is 0 Å². The molecule has 0 saturated carbocycles. The van der Waals surface area contributed by atoms with Gasteiger partial charge in [-0.15, -0.1) is 0 Å². The van der Waals surface area contributed by atoms with Crippen molar-refractivity contribution in [2.75, 3.05) is 0 Å². The first kappa shape index (κ1) is 4.72. The van der Waals surface area contributed by atoms with Crippen molar-refractivity contribution in [2.24, 2.45) is 0 Å². The van der Waals surface area contributed by atoms with Crippen molar-refractivity contribution in [2.45, 2.75) is 6.55 Å². The van der Waals surface area contributed by atoms with Gasteiger partial charge in [-0.2, -0.15) is 11.1 Å². The van der Waals surface area contributed by atoms with Crippen molar-refractivity contribution < 1.29 is 0 Å². The topological polar surface area (TPSA) is 0 Å². The van der Waals surface area contributed by atoms with Gasteiger partial charge in [-0.1, -0.05) is 6.55 Å². The van der Waals surface area contributed by atoms with Gasteiger partial charge < -0.3 is 0 Å². The average molecular weight is 111 g/mol. The summed E-state index contributed by atoms with van der Waals surface area (Å²) in [6, 6.07) is 0. The standard InChI is InChI=1S/CH7ClSi2/c1-4(2)3/h4H,1,3H3. The van der Waals surface area contributed by atoms with E-state index in [0.717, 1.165) is 0 Å². The maximum absolute atomic E-state index is 5.48. The van der Waals surface area contributed by atoms with Gasteiger partial charge in [-0.3, -0.25) is 0 Å². The second-order valence-corrected chi connectivity index (χ2v) is 13.1. The Morgan fingerprint density at radius 2 is 2.00 bits per heavy atom. The smallest absolute Gasteiger partial charge is 0.118 e. The van der Waals surface area contributed by atoms with E-state index in [4.69, 9.17) is 11.1 Å². The number of rotatable bonds is 0. The third-order valence-corrected chi connectivity index (χ3v) is 0. The van der Waals surface area contributed by atoms with E-state index in [1.807, 2.05) is 0 Å². The molecule has 0 aromatic rings. The molecular weight excluding hydrogens is 104 g/mol. The second-order valence-electron chi connectivity index (χ2n) is 1.01. The minimum absolute atomic E-state index is 0.528. The molecule has 3 heteroatoms. The summed E-state index contributed by atoms with van der Waals surface area (Å²) < 4.78 is 0. The molecule has 0 bridgehead atoms. The van der Waals surface area contributed by atoms with E-state index in [-0.39, 0.29) is 0 Å². The Labute approximate surface area is 35.7 Å². The fourth-order valence-electron chi connectivity index (χ4n) is 0. The van der Waals surface area contributed by atoms with Crippen molar-refractivity contribution in [3.05, 3.63) is 0 Å². The van der Waals surface area contributed by atoms with Crippen LogP contribution in [0.2, 0.25) is 6.55 Å². The monoisotopic (exact) mass is 110 g/mol. The third-order valence-electron chi connectivity index (χ3n) is 0. The Balaban J connectivity index is 2.32. The molecule has 0 aliphatic carbocycles. The van der Waals surface area contributed by atoms with Crippen molar-refractivity contribution >= 4 is 28.5 Å². The summed E-state index contributed by atoms with van der Waals surface area (Å²) in [5.41, 5.74) is 0. The lowest BCUT2D eigenvalue weighted by Gasteiger charge is -1.71. The summed E-state index contributed by atoms with van der Waals surface area (Å²) in [7, 11) is 0.725. The van der Waals surface area contributed by atoms with Crippen molar-refractivity contribution in [3.63, 3.8) is 0 Å². The Kier molecular flexibility index (Phi) is 2.35. The van der Waals surface area contributed by atoms with Gasteiger partial charge in [0.25, 0.3) is 0 Å². The Hall–Kier alpha value is 0.724. The molecular formula is CH7ClSi2. The molecule has 0 radical (unpaired) electrons. The van der Waals surface area contributed by atoms with Gasteiger partial charge in [0.15, 0.2) is 0 Å². The van der Waals surface area contributed by atoms with Crippen molar-refractivity contribution in [3.8, 4) is 0 Å². The molecule has 0 saturated heterocycles. The molecule has 0 aromatic carbocycles. The molecule has 0 heterocycles. The van der Waals surface area contributed by atoms with E-state index >= 15 is 0 Å². The predicted molar refractivity (Wildman–Crippen MR) is 28.8 cm³/mol. The van der Waals surface area contributed by atoms with Crippen LogP contribution in [0.1, 0.15) is 0 Å². The summed E-state index contributed by atoms with van der Waals surface area (Å²) in [6.45, 7) is 2.13. The van der Waals surface area contributed by atoms with Crippen LogP contribution in [-0.2, 0) is 0 Å². The first-order chi connectivity index (χ1) is 1.73. The summed E-state index contributed by atoms with van der Waals surface area (Å²) >= 11 is 5.48. The summed E-state index contributed by atoms with van der Waals surface area (Å²) in [5.74, 6) is 0. The number of hydrogen-bond acceptors (Lipinski definition) is 0. The molecule has 0 N–H and O–H groups in total. The highest BCUT2D eigenvalue weighted by Gasteiger charge is 1.76. The lowest BCUT2D eigenvalue weighted by atomic mass is 11.9. The zero-order chi connectivity index (χ0) is 3.58. The van der Waals surface area contributed by atoms with Gasteiger partial charge in [-0.05, 0) is 0 Å². The highest BCUT2D eigenvalue weighted by Crippen LogP contribution is 1.72. The molecule has 26 valence electrons. The van der Waals surface area contributed by atoms with Crippen LogP contribution in [0.5, 0.6) is 0 Å². The Bertz CT molecular complexity index is 10.8. The summed E-state index contributed by atoms with van der Waals surface area (Å²) in [4.78, 5) is 0. The lowest BCUT2D eigenvalue weighted by molar-refractivity contribution is 2.34. The van der Waals surface area contributed by atoms with Crippen molar-refractivity contribution in [1.29, 1.82) is 0 Å². The first-order valence-electron chi connectivity index (χ1n) is 1.37. The fraction of sp³-hybridized carbons (Fsp3) is 1.00. The average Bonchev–Trinajstić information content (AvgIpc) is 0.811. The van der Waals surface area contributed by atoms with E-state index in [2.05, 4.69) is 6.55 Å². The molecule has 0 aliphatic heterocycles. The number of hydrogen-bond donors (Lipinski definition) is 0. The number of halogens is 1. The molecule has 4 heavy (non-hydrogen) atoms. The maximum Gasteiger partial charge on any atom is 0.118 e. The highest BCUT2D eigenvalue weighted by molar-refractivity contribution is 7.31. The van der Waals surface area contributed by atoms with E-state index < -0.39 is 7.62 Å². The van der Waals surface area contributed by atoms with Gasteiger partial charge in [0.1, 0.15) is 7.62 Å². The second kappa shape index (κ2) is 1.99. The molecule has 0 amide bonds. The Morgan fingerprint density at radius 3 is 2.00 bits per heavy atom. The fourth-order valence-corrected chi connectivity index (χ4v) is 0. The summed E-state index contributed by atoms with van der Waals surface area (Å²) in [6.07, 6.45) is 0. The zero-order valence-corrected chi connectivity index (χ0v) is 6.87. The molecule has 0 aromatic heterocycles. The van der Waals surface area contributed by atoms with Gasteiger partial charge in [0, 0.05) is 9.76 Å². The van der Waals surface area contributed by atoms with E-state index in [0.29, 0.717) is 0 Å². The van der Waals surface area contributed by atoms with E-state index in [9.17, 15) is 0 Å². The predicted octanol–water partition coefficient (Wildman–Crippen LogP) is -0.559. The van der Waals surface area contributed by atoms with Crippen LogP contribution in [0.15, 0.2) is 0 Å². The van der Waals surface area contributed by atoms with Crippen LogP contribution in [0.25, 0.3) is 0 Å². The normalized spacial score (nSPS) is 16.5. The van der Waals surface area contributed by atoms with Gasteiger partial charge in [0.2, 0.25) is 0 Å². The van der Waals surface area contributed by atoms with Crippen LogP contribution in [0, 0.1) is 0 Å². The van der Waals surface area contributed by atoms with Crippen molar-refractivity contribution in [1.82, 2.24) is 0 Å². The molecule has 1 unspecified atom stereocenters. The first-order valence-corrected chi connectivity index (χ1v) is 8.89. The molecule has 0 spiro atoms. The third kappa shape index (κ3) is 15.5. The molecule has 0 fully saturated rings. The lowest BCUT2D eigenvalue weighted by Crippen LogP contribution is -1.90. The van der Waals surface area contributed by atoms with Crippen LogP contribution >= 0.6 is 11.1 Å². The Morgan fingerprint density at radius 1 is 2.00 bits per heavy atom. The van der Waals surface area contributed by atoms with Crippen LogP contribution in [0.3, 0.4) is 0 Å². The van der Waals surface area contributed by atoms with Crippen LogP contribution in [-0.4, -0.2) is 17.4 Å². The van der Waals surface area contributed by atoms with E-state index in [1.54, 1.807) is 0 Å². The summed E-state index contributed by atoms with van der Waals surface area (Å²) in [5, 5.41) is 0. The maximum atomic E-state index is 5.48. The van der Waals surface area contributed by atoms with Crippen LogP contribution < -0.4 is 0 Å². The molecule has 0 nitrogen and oxygen atoms in total. The minimum atomic E-state index is -0.528. The molecule has 0 rings (SSSR count). The minimum Gasteiger partial charge on any atom is -0.176 e. The zero-order valence-electron chi connectivity index (χ0n) is 2.96. The van der Waals surface area contributed by atoms with E-state index in [1.165, 1.54) is 9.76 Å². The largest absolute Gasteiger partial charge is 0.176 e. The van der Waals surface area contributed by atoms with Gasteiger partial charge >= 0.3 is 0 Å². The molecule has 1 atom stereocenters.